The van der Waals surface area contributed by atoms with Gasteiger partial charge in [-0.15, -0.1) is 0 Å². The van der Waals surface area contributed by atoms with Gasteiger partial charge in [-0.3, -0.25) is 0 Å². The van der Waals surface area contributed by atoms with Gasteiger partial charge in [-0.05, 0) is 30.4 Å². The van der Waals surface area contributed by atoms with Crippen LogP contribution in [0.15, 0.2) is 34.9 Å². The summed E-state index contributed by atoms with van der Waals surface area (Å²) in [5.41, 5.74) is 2.02. The number of hydrogen-bond donors (Lipinski definition) is 1. The molecule has 0 bridgehead atoms. The zero-order valence-corrected chi connectivity index (χ0v) is 10.9. The van der Waals surface area contributed by atoms with E-state index in [-0.39, 0.29) is 5.69 Å². The predicted octanol–water partition coefficient (Wildman–Crippen LogP) is 2.93. The number of carboxylic acid groups (broad SMARTS) is 1. The van der Waals surface area contributed by atoms with Crippen molar-refractivity contribution in [2.24, 2.45) is 0 Å². The van der Waals surface area contributed by atoms with Gasteiger partial charge in [0.15, 0.2) is 11.5 Å². The van der Waals surface area contributed by atoms with Crippen molar-refractivity contribution in [1.29, 1.82) is 0 Å². The number of rotatable bonds is 3. The van der Waals surface area contributed by atoms with Gasteiger partial charge >= 0.3 is 5.97 Å². The van der Waals surface area contributed by atoms with E-state index < -0.39 is 5.97 Å². The predicted molar refractivity (Wildman–Crippen MR) is 71.7 cm³/mol. The van der Waals surface area contributed by atoms with Crippen molar-refractivity contribution in [3.8, 4) is 11.3 Å². The van der Waals surface area contributed by atoms with Gasteiger partial charge in [0.1, 0.15) is 0 Å². The van der Waals surface area contributed by atoms with Gasteiger partial charge in [0, 0.05) is 24.8 Å². The molecule has 1 aromatic carbocycles. The van der Waals surface area contributed by atoms with E-state index in [1.165, 1.54) is 11.6 Å². The van der Waals surface area contributed by atoms with Gasteiger partial charge in [0.05, 0.1) is 0 Å². The lowest BCUT2D eigenvalue weighted by Gasteiger charge is -2.22. The average molecular weight is 273 g/mol. The molecule has 1 saturated heterocycles. The third-order valence-corrected chi connectivity index (χ3v) is 3.59. The summed E-state index contributed by atoms with van der Waals surface area (Å²) in [4.78, 5) is 10.8. The Kier molecular flexibility index (Phi) is 3.52. The van der Waals surface area contributed by atoms with Gasteiger partial charge in [0.25, 0.3) is 0 Å². The average Bonchev–Trinajstić information content (AvgIpc) is 2.98. The van der Waals surface area contributed by atoms with Crippen LogP contribution in [0.1, 0.15) is 34.8 Å². The summed E-state index contributed by atoms with van der Waals surface area (Å²) in [6.45, 7) is 1.58. The normalized spacial score (nSPS) is 16.2. The molecule has 20 heavy (non-hydrogen) atoms. The van der Waals surface area contributed by atoms with Crippen molar-refractivity contribution in [3.63, 3.8) is 0 Å². The van der Waals surface area contributed by atoms with Crippen molar-refractivity contribution in [2.75, 3.05) is 13.2 Å². The van der Waals surface area contributed by atoms with E-state index in [4.69, 9.17) is 14.4 Å². The van der Waals surface area contributed by atoms with Crippen molar-refractivity contribution in [2.45, 2.75) is 18.8 Å². The number of carbonyl (C=O) groups is 1. The summed E-state index contributed by atoms with van der Waals surface area (Å²) >= 11 is 0. The van der Waals surface area contributed by atoms with Crippen molar-refractivity contribution < 1.29 is 19.2 Å². The molecule has 3 rings (SSSR count). The number of aromatic nitrogens is 1. The molecule has 1 aromatic heterocycles. The van der Waals surface area contributed by atoms with Crippen LogP contribution in [-0.4, -0.2) is 29.4 Å². The molecule has 0 saturated carbocycles. The minimum absolute atomic E-state index is 0.0727. The van der Waals surface area contributed by atoms with Crippen LogP contribution >= 0.6 is 0 Å². The molecule has 1 aliphatic heterocycles. The zero-order valence-electron chi connectivity index (χ0n) is 10.9. The first-order valence-electron chi connectivity index (χ1n) is 6.62. The largest absolute Gasteiger partial charge is 0.476 e. The number of hydrogen-bond acceptors (Lipinski definition) is 4. The standard InChI is InChI=1S/C15H15NO4/c17-15(18)13-9-14(20-16-13)12-3-1-2-11(8-12)10-4-6-19-7-5-10/h1-3,8-10H,4-7H2,(H,17,18). The minimum atomic E-state index is -1.08. The maximum Gasteiger partial charge on any atom is 0.358 e. The number of carboxylic acids is 1. The van der Waals surface area contributed by atoms with E-state index in [1.807, 2.05) is 18.2 Å². The van der Waals surface area contributed by atoms with Crippen LogP contribution in [0.5, 0.6) is 0 Å². The highest BCUT2D eigenvalue weighted by Gasteiger charge is 2.17. The second-order valence-corrected chi connectivity index (χ2v) is 4.89. The minimum Gasteiger partial charge on any atom is -0.476 e. The summed E-state index contributed by atoms with van der Waals surface area (Å²) in [5.74, 6) is -0.109. The highest BCUT2D eigenvalue weighted by molar-refractivity contribution is 5.86. The summed E-state index contributed by atoms with van der Waals surface area (Å²) < 4.78 is 10.5. The second-order valence-electron chi connectivity index (χ2n) is 4.89. The summed E-state index contributed by atoms with van der Waals surface area (Å²) in [7, 11) is 0. The third-order valence-electron chi connectivity index (χ3n) is 3.59. The van der Waals surface area contributed by atoms with Crippen LogP contribution in [0, 0.1) is 0 Å². The van der Waals surface area contributed by atoms with Crippen LogP contribution in [0.2, 0.25) is 0 Å². The molecule has 0 atom stereocenters. The van der Waals surface area contributed by atoms with E-state index in [9.17, 15) is 4.79 Å². The molecular formula is C15H15NO4. The maximum atomic E-state index is 10.8. The Morgan fingerprint density at radius 1 is 1.25 bits per heavy atom. The molecule has 1 fully saturated rings. The first kappa shape index (κ1) is 12.9. The van der Waals surface area contributed by atoms with E-state index in [0.717, 1.165) is 31.6 Å². The Morgan fingerprint density at radius 3 is 2.75 bits per heavy atom. The highest BCUT2D eigenvalue weighted by Crippen LogP contribution is 2.30. The lowest BCUT2D eigenvalue weighted by molar-refractivity contribution is 0.0686. The van der Waals surface area contributed by atoms with Gasteiger partial charge in [-0.1, -0.05) is 23.4 Å². The lowest BCUT2D eigenvalue weighted by Crippen LogP contribution is -2.13. The number of nitrogens with zero attached hydrogens (tertiary/aromatic N) is 1. The molecule has 2 aromatic rings. The Balaban J connectivity index is 1.87. The van der Waals surface area contributed by atoms with Gasteiger partial charge < -0.3 is 14.4 Å². The number of ether oxygens (including phenoxy) is 1. The van der Waals surface area contributed by atoms with Crippen LogP contribution in [-0.2, 0) is 4.74 Å². The quantitative estimate of drug-likeness (QED) is 0.930. The van der Waals surface area contributed by atoms with Gasteiger partial charge in [-0.25, -0.2) is 4.79 Å². The Hall–Kier alpha value is -2.14. The summed E-state index contributed by atoms with van der Waals surface area (Å²) in [6.07, 6.45) is 2.03. The summed E-state index contributed by atoms with van der Waals surface area (Å²) in [5, 5.41) is 12.4. The molecule has 1 aliphatic rings. The van der Waals surface area contributed by atoms with E-state index >= 15 is 0 Å². The van der Waals surface area contributed by atoms with E-state index in [1.54, 1.807) is 0 Å². The van der Waals surface area contributed by atoms with E-state index in [0.29, 0.717) is 11.7 Å². The number of aromatic carboxylic acids is 1. The van der Waals surface area contributed by atoms with Crippen LogP contribution in [0.3, 0.4) is 0 Å². The third kappa shape index (κ3) is 2.58. The molecule has 5 nitrogen and oxygen atoms in total. The fourth-order valence-electron chi connectivity index (χ4n) is 2.49. The molecule has 5 heteroatoms. The first-order chi connectivity index (χ1) is 9.74. The molecule has 0 unspecified atom stereocenters. The van der Waals surface area contributed by atoms with Gasteiger partial charge in [0.2, 0.25) is 0 Å². The summed E-state index contributed by atoms with van der Waals surface area (Å²) in [6, 6.07) is 9.44. The molecule has 104 valence electrons. The fourth-order valence-corrected chi connectivity index (χ4v) is 2.49. The number of benzene rings is 1. The monoisotopic (exact) mass is 273 g/mol. The lowest BCUT2D eigenvalue weighted by atomic mass is 9.90. The zero-order chi connectivity index (χ0) is 13.9. The molecular weight excluding hydrogens is 258 g/mol. The molecule has 1 N–H and O–H groups in total. The molecule has 0 radical (unpaired) electrons. The van der Waals surface area contributed by atoms with E-state index in [2.05, 4.69) is 11.2 Å². The Morgan fingerprint density at radius 2 is 2.05 bits per heavy atom. The first-order valence-corrected chi connectivity index (χ1v) is 6.62. The fraction of sp³-hybridized carbons (Fsp3) is 0.333. The maximum absolute atomic E-state index is 10.8. The molecule has 2 heterocycles. The van der Waals surface area contributed by atoms with Crippen molar-refractivity contribution in [3.05, 3.63) is 41.6 Å². The Labute approximate surface area is 116 Å². The van der Waals surface area contributed by atoms with Crippen molar-refractivity contribution in [1.82, 2.24) is 5.16 Å². The Bertz CT molecular complexity index is 614. The van der Waals surface area contributed by atoms with Crippen molar-refractivity contribution >= 4 is 5.97 Å². The smallest absolute Gasteiger partial charge is 0.358 e. The highest BCUT2D eigenvalue weighted by atomic mass is 16.5. The topological polar surface area (TPSA) is 72.6 Å². The SMILES string of the molecule is O=C(O)c1cc(-c2cccc(C3CCOCC3)c2)on1. The molecule has 0 aliphatic carbocycles. The molecule has 0 spiro atoms. The van der Waals surface area contributed by atoms with Crippen LogP contribution < -0.4 is 0 Å². The van der Waals surface area contributed by atoms with Crippen LogP contribution in [0.4, 0.5) is 0 Å². The molecule has 0 amide bonds. The van der Waals surface area contributed by atoms with Crippen LogP contribution in [0.25, 0.3) is 11.3 Å². The van der Waals surface area contributed by atoms with Gasteiger partial charge in [-0.2, -0.15) is 0 Å². The second kappa shape index (κ2) is 5.46.